The van der Waals surface area contributed by atoms with Crippen LogP contribution in [0.15, 0.2) is 89.9 Å². The standard InChI is InChI=1S/C36H38O7S/c1-23(2)34(37)42-18-7-6-17-40-27-11-9-26(10-12-27)36(39)44-29-14-16-31-30-15-13-28(21-32(30)25(5)33(31)22-29)41-19-8-20-43-35(38)24(3)4/h9-16,21-22,25H,1,3,6-8,17-20H2,2,4-5H3. The summed E-state index contributed by atoms with van der Waals surface area (Å²) in [5, 5.41) is -0.0383. The average molecular weight is 615 g/mol. The molecule has 230 valence electrons. The maximum atomic E-state index is 13.0. The van der Waals surface area contributed by atoms with Crippen LogP contribution in [0, 0.1) is 0 Å². The lowest BCUT2D eigenvalue weighted by Gasteiger charge is -2.11. The Morgan fingerprint density at radius 1 is 0.682 bits per heavy atom. The molecule has 7 nitrogen and oxygen atoms in total. The first-order valence-electron chi connectivity index (χ1n) is 14.7. The summed E-state index contributed by atoms with van der Waals surface area (Å²) in [5.74, 6) is 0.851. The smallest absolute Gasteiger partial charge is 0.333 e. The van der Waals surface area contributed by atoms with E-state index >= 15 is 0 Å². The molecule has 0 N–H and O–H groups in total. The molecular weight excluding hydrogens is 576 g/mol. The normalized spacial score (nSPS) is 12.9. The Balaban J connectivity index is 1.26. The lowest BCUT2D eigenvalue weighted by atomic mass is 9.99. The molecule has 0 spiro atoms. The van der Waals surface area contributed by atoms with E-state index in [-0.39, 0.29) is 29.6 Å². The number of thioether (sulfide) groups is 1. The quantitative estimate of drug-likeness (QED) is 0.0739. The van der Waals surface area contributed by atoms with Gasteiger partial charge < -0.3 is 18.9 Å². The molecule has 0 heterocycles. The Hall–Kier alpha value is -4.30. The molecule has 0 saturated heterocycles. The van der Waals surface area contributed by atoms with Crippen LogP contribution in [0.5, 0.6) is 11.5 Å². The molecule has 8 heteroatoms. The van der Waals surface area contributed by atoms with E-state index in [9.17, 15) is 14.4 Å². The van der Waals surface area contributed by atoms with Crippen molar-refractivity contribution >= 4 is 28.8 Å². The van der Waals surface area contributed by atoms with Crippen molar-refractivity contribution in [1.29, 1.82) is 0 Å². The number of hydrogen-bond donors (Lipinski definition) is 0. The van der Waals surface area contributed by atoms with Gasteiger partial charge in [0, 0.05) is 33.9 Å². The summed E-state index contributed by atoms with van der Waals surface area (Å²) >= 11 is 1.21. The molecule has 1 atom stereocenters. The van der Waals surface area contributed by atoms with Gasteiger partial charge >= 0.3 is 11.9 Å². The number of fused-ring (bicyclic) bond motifs is 3. The van der Waals surface area contributed by atoms with Crippen LogP contribution in [-0.2, 0) is 19.1 Å². The molecule has 0 fully saturated rings. The van der Waals surface area contributed by atoms with Crippen molar-refractivity contribution in [2.75, 3.05) is 26.4 Å². The first-order chi connectivity index (χ1) is 21.1. The molecule has 3 aromatic carbocycles. The van der Waals surface area contributed by atoms with Crippen LogP contribution in [0.1, 0.15) is 67.4 Å². The van der Waals surface area contributed by atoms with Gasteiger partial charge in [0.25, 0.3) is 0 Å². The highest BCUT2D eigenvalue weighted by Gasteiger charge is 2.26. The summed E-state index contributed by atoms with van der Waals surface area (Å²) in [7, 11) is 0. The molecule has 0 saturated carbocycles. The Labute approximate surface area is 263 Å². The van der Waals surface area contributed by atoms with E-state index in [1.807, 2.05) is 12.1 Å². The van der Waals surface area contributed by atoms with Crippen molar-refractivity contribution < 1.29 is 33.3 Å². The molecule has 0 aliphatic heterocycles. The van der Waals surface area contributed by atoms with Crippen LogP contribution in [0.2, 0.25) is 0 Å². The summed E-state index contributed by atoms with van der Waals surface area (Å²) in [5.41, 5.74) is 6.07. The second-order valence-electron chi connectivity index (χ2n) is 10.7. The molecule has 0 aromatic heterocycles. The molecule has 0 amide bonds. The highest BCUT2D eigenvalue weighted by molar-refractivity contribution is 8.14. The van der Waals surface area contributed by atoms with E-state index in [2.05, 4.69) is 44.3 Å². The van der Waals surface area contributed by atoms with Crippen LogP contribution >= 0.6 is 11.8 Å². The molecule has 1 unspecified atom stereocenters. The zero-order valence-electron chi connectivity index (χ0n) is 25.5. The Bertz CT molecular complexity index is 1540. The van der Waals surface area contributed by atoms with Crippen LogP contribution in [0.25, 0.3) is 11.1 Å². The third-order valence-corrected chi connectivity index (χ3v) is 8.01. The largest absolute Gasteiger partial charge is 0.494 e. The number of benzene rings is 3. The lowest BCUT2D eigenvalue weighted by molar-refractivity contribution is -0.140. The van der Waals surface area contributed by atoms with Crippen LogP contribution in [0.3, 0.4) is 0 Å². The number of unbranched alkanes of at least 4 members (excludes halogenated alkanes) is 1. The van der Waals surface area contributed by atoms with E-state index in [0.29, 0.717) is 55.1 Å². The van der Waals surface area contributed by atoms with Gasteiger partial charge in [0.1, 0.15) is 11.5 Å². The van der Waals surface area contributed by atoms with Crippen molar-refractivity contribution in [2.45, 2.75) is 50.8 Å². The highest BCUT2D eigenvalue weighted by atomic mass is 32.2. The van der Waals surface area contributed by atoms with E-state index in [1.54, 1.807) is 38.1 Å². The monoisotopic (exact) mass is 614 g/mol. The van der Waals surface area contributed by atoms with Crippen LogP contribution in [0.4, 0.5) is 0 Å². The van der Waals surface area contributed by atoms with Crippen molar-refractivity contribution in [3.05, 3.63) is 102 Å². The van der Waals surface area contributed by atoms with Gasteiger partial charge in [-0.05, 0) is 109 Å². The molecule has 1 aliphatic carbocycles. The minimum Gasteiger partial charge on any atom is -0.494 e. The zero-order valence-corrected chi connectivity index (χ0v) is 26.3. The first-order valence-corrected chi connectivity index (χ1v) is 15.5. The van der Waals surface area contributed by atoms with E-state index in [1.165, 1.54) is 28.5 Å². The number of hydrogen-bond acceptors (Lipinski definition) is 8. The number of carbonyl (C=O) groups is 3. The molecule has 3 aromatic rings. The Kier molecular flexibility index (Phi) is 11.4. The lowest BCUT2D eigenvalue weighted by Crippen LogP contribution is -2.09. The average Bonchev–Trinajstić information content (AvgIpc) is 3.28. The van der Waals surface area contributed by atoms with Crippen molar-refractivity contribution in [3.8, 4) is 22.6 Å². The molecule has 0 radical (unpaired) electrons. The maximum absolute atomic E-state index is 13.0. The van der Waals surface area contributed by atoms with Gasteiger partial charge in [0.2, 0.25) is 5.12 Å². The van der Waals surface area contributed by atoms with Gasteiger partial charge in [-0.25, -0.2) is 9.59 Å². The molecular formula is C36H38O7S. The fourth-order valence-corrected chi connectivity index (χ4v) is 5.47. The second kappa shape index (κ2) is 15.4. The predicted molar refractivity (Wildman–Crippen MR) is 172 cm³/mol. The number of ether oxygens (including phenoxy) is 4. The first kappa shape index (κ1) is 32.6. The van der Waals surface area contributed by atoms with Gasteiger partial charge in [-0.15, -0.1) is 0 Å². The van der Waals surface area contributed by atoms with E-state index < -0.39 is 0 Å². The Morgan fingerprint density at radius 2 is 1.20 bits per heavy atom. The summed E-state index contributed by atoms with van der Waals surface area (Å²) in [4.78, 5) is 36.8. The molecule has 4 rings (SSSR count). The highest BCUT2D eigenvalue weighted by Crippen LogP contribution is 2.47. The maximum Gasteiger partial charge on any atom is 0.333 e. The summed E-state index contributed by atoms with van der Waals surface area (Å²) < 4.78 is 21.9. The minimum absolute atomic E-state index is 0.0383. The Morgan fingerprint density at radius 3 is 1.86 bits per heavy atom. The van der Waals surface area contributed by atoms with Crippen molar-refractivity contribution in [2.24, 2.45) is 0 Å². The fraction of sp³-hybridized carbons (Fsp3) is 0.306. The molecule has 1 aliphatic rings. The van der Waals surface area contributed by atoms with Gasteiger partial charge in [0.05, 0.1) is 26.4 Å². The summed E-state index contributed by atoms with van der Waals surface area (Å²) in [6.07, 6.45) is 2.03. The number of carbonyl (C=O) groups excluding carboxylic acids is 3. The van der Waals surface area contributed by atoms with Gasteiger partial charge in [0.15, 0.2) is 0 Å². The second-order valence-corrected chi connectivity index (χ2v) is 11.8. The van der Waals surface area contributed by atoms with Gasteiger partial charge in [-0.1, -0.05) is 32.2 Å². The van der Waals surface area contributed by atoms with Gasteiger partial charge in [-0.3, -0.25) is 4.79 Å². The third-order valence-electron chi connectivity index (χ3n) is 7.10. The molecule has 0 bridgehead atoms. The van der Waals surface area contributed by atoms with Crippen molar-refractivity contribution in [3.63, 3.8) is 0 Å². The van der Waals surface area contributed by atoms with Crippen molar-refractivity contribution in [1.82, 2.24) is 0 Å². The van der Waals surface area contributed by atoms with E-state index in [0.717, 1.165) is 22.6 Å². The third kappa shape index (κ3) is 8.63. The number of esters is 2. The minimum atomic E-state index is -0.388. The number of rotatable bonds is 15. The SMILES string of the molecule is C=C(C)C(=O)OCCCCOc1ccc(C(=O)Sc2ccc3c(c2)C(C)c2cc(OCCCOC(=O)C(=C)C)ccc2-3)cc1. The topological polar surface area (TPSA) is 88.1 Å². The predicted octanol–water partition coefficient (Wildman–Crippen LogP) is 7.92. The molecule has 44 heavy (non-hydrogen) atoms. The summed E-state index contributed by atoms with van der Waals surface area (Å²) in [6.45, 7) is 14.1. The van der Waals surface area contributed by atoms with Crippen LogP contribution < -0.4 is 9.47 Å². The van der Waals surface area contributed by atoms with Gasteiger partial charge in [-0.2, -0.15) is 0 Å². The zero-order chi connectivity index (χ0) is 31.6. The van der Waals surface area contributed by atoms with E-state index in [4.69, 9.17) is 18.9 Å². The summed E-state index contributed by atoms with van der Waals surface area (Å²) in [6, 6.07) is 19.4. The fourth-order valence-electron chi connectivity index (χ4n) is 4.68. The van der Waals surface area contributed by atoms with Crippen LogP contribution in [-0.4, -0.2) is 43.5 Å².